The molecule has 1 fully saturated rings. The predicted molar refractivity (Wildman–Crippen MR) is 113 cm³/mol. The maximum absolute atomic E-state index is 13.0. The summed E-state index contributed by atoms with van der Waals surface area (Å²) in [4.78, 5) is 31.6. The number of carbonyl (C=O) groups excluding carboxylic acids is 2. The first-order valence-corrected chi connectivity index (χ1v) is 9.82. The molecule has 1 aliphatic heterocycles. The first-order chi connectivity index (χ1) is 14.1. The van der Waals surface area contributed by atoms with Crippen LogP contribution in [0.5, 0.6) is 0 Å². The third-order valence-corrected chi connectivity index (χ3v) is 5.25. The molecule has 0 spiro atoms. The van der Waals surface area contributed by atoms with Crippen molar-refractivity contribution in [2.45, 2.75) is 12.5 Å². The van der Waals surface area contributed by atoms with Crippen molar-refractivity contribution in [3.8, 4) is 0 Å². The molecule has 0 aliphatic carbocycles. The summed E-state index contributed by atoms with van der Waals surface area (Å²) in [5.41, 5.74) is 2.40. The lowest BCUT2D eigenvalue weighted by molar-refractivity contribution is -0.126. The van der Waals surface area contributed by atoms with E-state index in [0.29, 0.717) is 17.3 Å². The summed E-state index contributed by atoms with van der Waals surface area (Å²) in [7, 11) is 0. The van der Waals surface area contributed by atoms with E-state index in [0.717, 1.165) is 11.3 Å². The lowest BCUT2D eigenvalue weighted by Gasteiger charge is -2.21. The number of amides is 2. The zero-order valence-electron chi connectivity index (χ0n) is 15.7. The van der Waals surface area contributed by atoms with Crippen molar-refractivity contribution in [1.29, 1.82) is 0 Å². The smallest absolute Gasteiger partial charge is 0.227 e. The molecule has 2 atom stereocenters. The Kier molecular flexibility index (Phi) is 5.58. The molecule has 29 heavy (non-hydrogen) atoms. The summed E-state index contributed by atoms with van der Waals surface area (Å²) in [6.07, 6.45) is 1.87. The summed E-state index contributed by atoms with van der Waals surface area (Å²) in [5.74, 6) is -0.680. The molecule has 6 heteroatoms. The quantitative estimate of drug-likeness (QED) is 0.698. The number of anilines is 1. The van der Waals surface area contributed by atoms with Gasteiger partial charge < -0.3 is 10.2 Å². The van der Waals surface area contributed by atoms with Crippen molar-refractivity contribution in [2.24, 2.45) is 5.92 Å². The van der Waals surface area contributed by atoms with E-state index in [-0.39, 0.29) is 24.3 Å². The molecule has 3 aromatic rings. The van der Waals surface area contributed by atoms with Crippen LogP contribution in [0.4, 0.5) is 5.69 Å². The van der Waals surface area contributed by atoms with Crippen molar-refractivity contribution in [1.82, 2.24) is 10.3 Å². The zero-order valence-corrected chi connectivity index (χ0v) is 16.4. The Hall–Kier alpha value is -3.18. The molecule has 0 saturated carbocycles. The Labute approximate surface area is 174 Å². The number of rotatable bonds is 5. The van der Waals surface area contributed by atoms with Gasteiger partial charge in [0.1, 0.15) is 0 Å². The second kappa shape index (κ2) is 8.45. The Morgan fingerprint density at radius 1 is 1.07 bits per heavy atom. The molecular weight excluding hydrogens is 386 g/mol. The van der Waals surface area contributed by atoms with E-state index in [1.807, 2.05) is 54.6 Å². The fraction of sp³-hybridized carbons (Fsp3) is 0.174. The van der Waals surface area contributed by atoms with E-state index >= 15 is 0 Å². The van der Waals surface area contributed by atoms with Gasteiger partial charge in [-0.1, -0.05) is 54.1 Å². The van der Waals surface area contributed by atoms with E-state index in [1.54, 1.807) is 29.3 Å². The third kappa shape index (κ3) is 4.30. The highest BCUT2D eigenvalue weighted by Gasteiger charge is 2.36. The van der Waals surface area contributed by atoms with Crippen LogP contribution in [-0.2, 0) is 9.59 Å². The summed E-state index contributed by atoms with van der Waals surface area (Å²) >= 11 is 6.05. The molecule has 5 nitrogen and oxygen atoms in total. The number of aromatic nitrogens is 1. The van der Waals surface area contributed by atoms with Gasteiger partial charge in [-0.25, -0.2) is 0 Å². The van der Waals surface area contributed by atoms with Crippen LogP contribution < -0.4 is 10.2 Å². The van der Waals surface area contributed by atoms with Gasteiger partial charge in [0.25, 0.3) is 0 Å². The average molecular weight is 406 g/mol. The Balaban J connectivity index is 1.53. The molecule has 0 radical (unpaired) electrons. The van der Waals surface area contributed by atoms with Crippen molar-refractivity contribution < 1.29 is 9.59 Å². The number of nitrogens with one attached hydrogen (secondary N) is 1. The van der Waals surface area contributed by atoms with Crippen LogP contribution in [0.2, 0.25) is 5.02 Å². The molecule has 0 unspecified atom stereocenters. The molecule has 1 N–H and O–H groups in total. The molecule has 1 aliphatic rings. The van der Waals surface area contributed by atoms with E-state index < -0.39 is 5.92 Å². The highest BCUT2D eigenvalue weighted by molar-refractivity contribution is 6.31. The fourth-order valence-corrected chi connectivity index (χ4v) is 3.74. The van der Waals surface area contributed by atoms with Gasteiger partial charge in [-0.15, -0.1) is 0 Å². The zero-order chi connectivity index (χ0) is 20.2. The lowest BCUT2D eigenvalue weighted by Crippen LogP contribution is -2.36. The number of carbonyl (C=O) groups is 2. The van der Waals surface area contributed by atoms with E-state index in [4.69, 9.17) is 11.6 Å². The van der Waals surface area contributed by atoms with E-state index in [1.165, 1.54) is 0 Å². The largest absolute Gasteiger partial charge is 0.343 e. The van der Waals surface area contributed by atoms with Crippen LogP contribution in [0.15, 0.2) is 79.0 Å². The van der Waals surface area contributed by atoms with Gasteiger partial charge in [-0.3, -0.25) is 14.6 Å². The Morgan fingerprint density at radius 3 is 2.59 bits per heavy atom. The Morgan fingerprint density at radius 2 is 1.86 bits per heavy atom. The minimum Gasteiger partial charge on any atom is -0.343 e. The van der Waals surface area contributed by atoms with Gasteiger partial charge in [0.05, 0.1) is 17.7 Å². The number of benzene rings is 2. The fourth-order valence-electron chi connectivity index (χ4n) is 3.56. The first kappa shape index (κ1) is 19.2. The molecule has 2 heterocycles. The van der Waals surface area contributed by atoms with Crippen LogP contribution in [0.25, 0.3) is 0 Å². The molecular formula is C23H20ClN3O2. The second-order valence-corrected chi connectivity index (χ2v) is 7.43. The summed E-state index contributed by atoms with van der Waals surface area (Å²) < 4.78 is 0. The number of hydrogen-bond donors (Lipinski definition) is 1. The molecule has 1 saturated heterocycles. The van der Waals surface area contributed by atoms with Crippen LogP contribution in [0.1, 0.15) is 23.7 Å². The number of pyridine rings is 1. The van der Waals surface area contributed by atoms with Crippen molar-refractivity contribution in [3.63, 3.8) is 0 Å². The summed E-state index contributed by atoms with van der Waals surface area (Å²) in [6, 6.07) is 22.1. The van der Waals surface area contributed by atoms with Crippen LogP contribution in [0.3, 0.4) is 0 Å². The molecule has 2 aromatic carbocycles. The maximum atomic E-state index is 13.0. The van der Waals surface area contributed by atoms with Gasteiger partial charge in [-0.2, -0.15) is 0 Å². The van der Waals surface area contributed by atoms with E-state index in [2.05, 4.69) is 10.3 Å². The first-order valence-electron chi connectivity index (χ1n) is 9.44. The van der Waals surface area contributed by atoms with Crippen LogP contribution in [-0.4, -0.2) is 23.3 Å². The van der Waals surface area contributed by atoms with E-state index in [9.17, 15) is 9.59 Å². The normalized spacial score (nSPS) is 17.2. The van der Waals surface area contributed by atoms with Gasteiger partial charge in [0, 0.05) is 29.9 Å². The predicted octanol–water partition coefficient (Wildman–Crippen LogP) is 3.99. The third-order valence-electron chi connectivity index (χ3n) is 5.02. The SMILES string of the molecule is O=C(N[C@@H](c1ccccc1)c1ccccn1)[C@@H]1CC(=O)N(c2cccc(Cl)c2)C1. The monoisotopic (exact) mass is 405 g/mol. The molecule has 146 valence electrons. The standard InChI is InChI=1S/C23H20ClN3O2/c24-18-9-6-10-19(14-18)27-15-17(13-21(27)28)23(29)26-22(16-7-2-1-3-8-16)20-11-4-5-12-25-20/h1-12,14,17,22H,13,15H2,(H,26,29)/t17-,22+/m1/s1. The van der Waals surface area contributed by atoms with Gasteiger partial charge in [-0.05, 0) is 35.9 Å². The Bertz CT molecular complexity index is 971. The van der Waals surface area contributed by atoms with Crippen molar-refractivity contribution in [2.75, 3.05) is 11.4 Å². The van der Waals surface area contributed by atoms with Gasteiger partial charge in [0.2, 0.25) is 11.8 Å². The minimum atomic E-state index is -0.434. The minimum absolute atomic E-state index is 0.0819. The van der Waals surface area contributed by atoms with Crippen molar-refractivity contribution in [3.05, 3.63) is 95.3 Å². The second-order valence-electron chi connectivity index (χ2n) is 6.99. The van der Waals surface area contributed by atoms with Crippen molar-refractivity contribution >= 4 is 29.1 Å². The summed E-state index contributed by atoms with van der Waals surface area (Å²) in [6.45, 7) is 0.328. The number of hydrogen-bond acceptors (Lipinski definition) is 3. The average Bonchev–Trinajstić information content (AvgIpc) is 3.15. The topological polar surface area (TPSA) is 62.3 Å². The summed E-state index contributed by atoms with van der Waals surface area (Å²) in [5, 5.41) is 3.65. The van der Waals surface area contributed by atoms with Gasteiger partial charge >= 0.3 is 0 Å². The van der Waals surface area contributed by atoms with Gasteiger partial charge in [0.15, 0.2) is 0 Å². The number of nitrogens with zero attached hydrogens (tertiary/aromatic N) is 2. The highest BCUT2D eigenvalue weighted by Crippen LogP contribution is 2.28. The molecule has 4 rings (SSSR count). The lowest BCUT2D eigenvalue weighted by atomic mass is 10.0. The van der Waals surface area contributed by atoms with Crippen LogP contribution in [0, 0.1) is 5.92 Å². The number of halogens is 1. The van der Waals surface area contributed by atoms with Crippen LogP contribution >= 0.6 is 11.6 Å². The molecule has 2 amide bonds. The molecule has 1 aromatic heterocycles. The highest BCUT2D eigenvalue weighted by atomic mass is 35.5. The maximum Gasteiger partial charge on any atom is 0.227 e. The molecule has 0 bridgehead atoms.